The number of allylic oxidation sites excluding steroid dienone is 2. The summed E-state index contributed by atoms with van der Waals surface area (Å²) in [6.45, 7) is 22.8. The van der Waals surface area contributed by atoms with Crippen LogP contribution in [0.2, 0.25) is 48.5 Å². The van der Waals surface area contributed by atoms with Crippen molar-refractivity contribution in [3.8, 4) is 22.3 Å². The molecule has 6 heteroatoms. The molecule has 0 aromatic heterocycles. The molecule has 0 aliphatic heterocycles. The number of fused-ring (bicyclic) bond motifs is 2. The topological polar surface area (TPSA) is 0 Å². The Bertz CT molecular complexity index is 2220. The maximum atomic E-state index is 2.94. The fourth-order valence-corrected chi connectivity index (χ4v) is 35.3. The number of benzene rings is 4. The first-order chi connectivity index (χ1) is 29.2. The van der Waals surface area contributed by atoms with E-state index in [2.05, 4.69) is 166 Å². The van der Waals surface area contributed by atoms with Gasteiger partial charge in [0.05, 0.1) is 0 Å². The summed E-state index contributed by atoms with van der Waals surface area (Å²) in [7, 11) is -2.79. The van der Waals surface area contributed by atoms with Crippen LogP contribution >= 0.6 is 24.8 Å². The van der Waals surface area contributed by atoms with E-state index in [4.69, 9.17) is 0 Å². The number of halogens is 2. The van der Waals surface area contributed by atoms with E-state index < -0.39 is 33.5 Å². The molecule has 0 radical (unpaired) electrons. The maximum Gasteiger partial charge on any atom is -0.147 e. The first kappa shape index (κ1) is 51.9. The Kier molecular flexibility index (Phi) is 16.1. The Hall–Kier alpha value is -1.53. The molecule has 4 aliphatic rings. The zero-order valence-corrected chi connectivity index (χ0v) is 49.2. The maximum absolute atomic E-state index is 3.99. The summed E-state index contributed by atoms with van der Waals surface area (Å²) >= 11 is -3.99. The van der Waals surface area contributed by atoms with Gasteiger partial charge in [0.15, 0.2) is 0 Å². The van der Waals surface area contributed by atoms with Crippen molar-refractivity contribution in [2.45, 2.75) is 172 Å². The van der Waals surface area contributed by atoms with Crippen LogP contribution in [-0.2, 0) is 17.4 Å². The zero-order chi connectivity index (χ0) is 44.2. The van der Waals surface area contributed by atoms with Crippen LogP contribution in [0.5, 0.6) is 0 Å². The van der Waals surface area contributed by atoms with Gasteiger partial charge < -0.3 is 0 Å². The van der Waals surface area contributed by atoms with Gasteiger partial charge in [-0.15, -0.1) is 24.8 Å². The van der Waals surface area contributed by atoms with Crippen LogP contribution in [-0.4, -0.2) is 23.0 Å². The quantitative estimate of drug-likeness (QED) is 0.139. The van der Waals surface area contributed by atoms with Crippen molar-refractivity contribution in [1.82, 2.24) is 0 Å². The summed E-state index contributed by atoms with van der Waals surface area (Å²) in [5, 5.41) is 3.10. The van der Waals surface area contributed by atoms with E-state index in [0.717, 1.165) is 0 Å². The van der Waals surface area contributed by atoms with E-state index in [0.29, 0.717) is 18.1 Å². The van der Waals surface area contributed by atoms with Gasteiger partial charge in [-0.1, -0.05) is 0 Å². The van der Waals surface area contributed by atoms with Gasteiger partial charge in [-0.2, -0.15) is 0 Å². The molecule has 4 aromatic carbocycles. The zero-order valence-electron chi connectivity index (χ0n) is 41.7. The number of rotatable bonds is 10. The smallest absolute Gasteiger partial charge is 0.147 e. The minimum Gasteiger partial charge on any atom is -0.147 e. The molecule has 0 nitrogen and oxygen atoms in total. The van der Waals surface area contributed by atoms with E-state index in [9.17, 15) is 0 Å². The second kappa shape index (κ2) is 19.8. The van der Waals surface area contributed by atoms with Crippen LogP contribution in [0.1, 0.15) is 146 Å². The summed E-state index contributed by atoms with van der Waals surface area (Å²) in [6.07, 6.45) is 27.6. The first-order valence-corrected chi connectivity index (χ1v) is 45.9. The Labute approximate surface area is 408 Å². The summed E-state index contributed by atoms with van der Waals surface area (Å²) in [5.74, 6) is 0. The minimum absolute atomic E-state index is 0. The van der Waals surface area contributed by atoms with Crippen molar-refractivity contribution in [2.24, 2.45) is 10.8 Å². The third-order valence-corrected chi connectivity index (χ3v) is 38.3. The molecule has 4 aliphatic carbocycles. The summed E-state index contributed by atoms with van der Waals surface area (Å²) in [4.78, 5) is 0. The Morgan fingerprint density at radius 3 is 1.11 bits per heavy atom. The van der Waals surface area contributed by atoms with Gasteiger partial charge >= 0.3 is 387 Å². The third kappa shape index (κ3) is 10.8. The second-order valence-corrected chi connectivity index (χ2v) is 65.7. The molecule has 0 amide bonds. The van der Waals surface area contributed by atoms with Gasteiger partial charge in [0, 0.05) is 0 Å². The van der Waals surface area contributed by atoms with Crippen LogP contribution in [0.25, 0.3) is 34.4 Å². The summed E-state index contributed by atoms with van der Waals surface area (Å²) in [5.41, 5.74) is 16.4. The standard InChI is InChI=1S/2C28H37Si.2CH3.2ClH.H2Si.Zr/c2*1-28(17-8-6-5-7-9-18-28)21-22-19-24-11-10-12-26(27(24)20-22)23-13-15-25(16-14-23)29(2,3)4;;;;;;/h2*10-16,19-20H,5-9,17-18,21H2,1-4H3;2*1H3;2*1H;1H2;. The molecule has 2 unspecified atom stereocenters. The van der Waals surface area contributed by atoms with Crippen LogP contribution in [0.15, 0.2) is 96.1 Å². The molecular formula is C58H84Cl2Si3Zr. The fraction of sp³-hybridized carbons (Fsp3) is 0.517. The van der Waals surface area contributed by atoms with Gasteiger partial charge in [0.25, 0.3) is 0 Å². The van der Waals surface area contributed by atoms with Crippen molar-refractivity contribution in [1.29, 1.82) is 0 Å². The Morgan fingerprint density at radius 1 is 0.484 bits per heavy atom. The van der Waals surface area contributed by atoms with E-state index in [1.54, 1.807) is 43.8 Å². The van der Waals surface area contributed by atoms with Crippen LogP contribution in [0, 0.1) is 10.8 Å². The average molecular weight is 1030 g/mol. The molecule has 0 bridgehead atoms. The van der Waals surface area contributed by atoms with Crippen LogP contribution in [0.3, 0.4) is 0 Å². The summed E-state index contributed by atoms with van der Waals surface area (Å²) in [6, 6.07) is 34.6. The Morgan fingerprint density at radius 2 is 0.797 bits per heavy atom. The first-order valence-electron chi connectivity index (χ1n) is 25.2. The van der Waals surface area contributed by atoms with E-state index in [1.807, 2.05) is 0 Å². The SMILES string of the molecule is CC1(CC2=Cc3c(-c4ccc([Si](C)(C)C)cc4)cccc3[CH]2[Zr]([CH3])([CH3])(=[SiH2])[CH]2C(CC3(C)CCCCCCC3)=Cc3c(-c4ccc([Si](C)(C)C)cc4)cccc32)CCCCCCC1.Cl.Cl. The number of hydrogen-bond acceptors (Lipinski definition) is 0. The molecule has 346 valence electrons. The van der Waals surface area contributed by atoms with Gasteiger partial charge in [0.2, 0.25) is 0 Å². The van der Waals surface area contributed by atoms with Gasteiger partial charge in [-0.25, -0.2) is 0 Å². The van der Waals surface area contributed by atoms with Crippen molar-refractivity contribution in [2.75, 3.05) is 0 Å². The minimum atomic E-state index is -3.99. The third-order valence-electron chi connectivity index (χ3n) is 16.7. The number of hydrogen-bond donors (Lipinski definition) is 0. The largest absolute Gasteiger partial charge is 0.147 e. The van der Waals surface area contributed by atoms with Crippen molar-refractivity contribution >= 4 is 70.4 Å². The average Bonchev–Trinajstić information content (AvgIpc) is 3.76. The summed E-state index contributed by atoms with van der Waals surface area (Å²) < 4.78 is 6.93. The van der Waals surface area contributed by atoms with E-state index in [1.165, 1.54) is 125 Å². The molecule has 0 heterocycles. The molecule has 64 heavy (non-hydrogen) atoms. The van der Waals surface area contributed by atoms with Crippen molar-refractivity contribution < 1.29 is 17.4 Å². The molecule has 2 fully saturated rings. The van der Waals surface area contributed by atoms with Crippen molar-refractivity contribution in [3.63, 3.8) is 0 Å². The molecular weight excluding hydrogens is 943 g/mol. The van der Waals surface area contributed by atoms with Gasteiger partial charge in [0.1, 0.15) is 0 Å². The predicted molar refractivity (Wildman–Crippen MR) is 296 cm³/mol. The molecule has 0 N–H and O–H groups in total. The van der Waals surface area contributed by atoms with Gasteiger partial charge in [-0.05, 0) is 0 Å². The van der Waals surface area contributed by atoms with E-state index in [-0.39, 0.29) is 24.8 Å². The normalized spacial score (nSPS) is 21.4. The Balaban J connectivity index is 0.00000340. The monoisotopic (exact) mass is 1020 g/mol. The molecule has 0 spiro atoms. The predicted octanol–water partition coefficient (Wildman–Crippen LogP) is 17.1. The van der Waals surface area contributed by atoms with Crippen LogP contribution in [0.4, 0.5) is 0 Å². The van der Waals surface area contributed by atoms with Gasteiger partial charge in [-0.3, -0.25) is 0 Å². The van der Waals surface area contributed by atoms with Crippen LogP contribution < -0.4 is 10.4 Å². The van der Waals surface area contributed by atoms with Crippen molar-refractivity contribution in [3.05, 3.63) is 118 Å². The fourth-order valence-electron chi connectivity index (χ4n) is 13.3. The molecule has 8 rings (SSSR count). The molecule has 2 saturated carbocycles. The molecule has 2 atom stereocenters. The molecule has 4 aromatic rings. The van der Waals surface area contributed by atoms with E-state index >= 15 is 0 Å². The molecule has 0 saturated heterocycles. The second-order valence-electron chi connectivity index (χ2n) is 25.0.